The molecular weight excluding hydrogens is 354 g/mol. The second-order valence-corrected chi connectivity index (χ2v) is 6.60. The number of amides is 2. The molecule has 1 heterocycles. The van der Waals surface area contributed by atoms with Crippen LogP contribution in [-0.4, -0.2) is 29.9 Å². The van der Waals surface area contributed by atoms with Gasteiger partial charge in [0.1, 0.15) is 11.4 Å². The predicted octanol–water partition coefficient (Wildman–Crippen LogP) is 3.67. The molecule has 1 fully saturated rings. The number of hydrogen-bond acceptors (Lipinski definition) is 4. The zero-order chi connectivity index (χ0) is 18.5. The van der Waals surface area contributed by atoms with Crippen molar-refractivity contribution < 1.29 is 14.3 Å². The summed E-state index contributed by atoms with van der Waals surface area (Å²) in [6.45, 7) is 0. The van der Waals surface area contributed by atoms with Gasteiger partial charge in [-0.05, 0) is 43.2 Å². The number of nitrogens with one attached hydrogen (secondary N) is 2. The highest BCUT2D eigenvalue weighted by Crippen LogP contribution is 2.27. The van der Waals surface area contributed by atoms with Crippen LogP contribution in [0.4, 0.5) is 5.69 Å². The minimum Gasteiger partial charge on any atom is -0.495 e. The summed E-state index contributed by atoms with van der Waals surface area (Å²) >= 11 is 6.07. The number of rotatable bonds is 5. The quantitative estimate of drug-likeness (QED) is 0.838. The van der Waals surface area contributed by atoms with Gasteiger partial charge in [-0.3, -0.25) is 14.6 Å². The monoisotopic (exact) mass is 373 g/mol. The summed E-state index contributed by atoms with van der Waals surface area (Å²) in [7, 11) is 1.52. The van der Waals surface area contributed by atoms with Crippen LogP contribution < -0.4 is 15.4 Å². The van der Waals surface area contributed by atoms with Crippen LogP contribution in [0, 0.1) is 0 Å². The van der Waals surface area contributed by atoms with Crippen LogP contribution in [0.25, 0.3) is 0 Å². The first-order valence-corrected chi connectivity index (χ1v) is 8.86. The van der Waals surface area contributed by atoms with Gasteiger partial charge < -0.3 is 15.4 Å². The molecule has 136 valence electrons. The third kappa shape index (κ3) is 4.32. The molecule has 1 aliphatic rings. The molecule has 6 nitrogen and oxygen atoms in total. The van der Waals surface area contributed by atoms with E-state index in [9.17, 15) is 9.59 Å². The topological polar surface area (TPSA) is 80.3 Å². The van der Waals surface area contributed by atoms with Crippen molar-refractivity contribution in [2.75, 3.05) is 12.4 Å². The van der Waals surface area contributed by atoms with E-state index in [-0.39, 0.29) is 23.6 Å². The number of benzene rings is 1. The van der Waals surface area contributed by atoms with Crippen molar-refractivity contribution >= 4 is 29.1 Å². The molecule has 0 aliphatic heterocycles. The third-order valence-electron chi connectivity index (χ3n) is 4.35. The Bertz CT molecular complexity index is 819. The number of methoxy groups -OCH3 is 1. The second-order valence-electron chi connectivity index (χ2n) is 6.19. The standard InChI is InChI=1S/C19H20ClN3O3/c1-26-17-7-6-14(11-15(17)20)23-18(24)12-8-9-21-16(10-12)19(25)22-13-4-2-3-5-13/h6-11,13H,2-5H2,1H3,(H,22,25)(H,23,24). The summed E-state index contributed by atoms with van der Waals surface area (Å²) in [6, 6.07) is 8.22. The first-order chi connectivity index (χ1) is 12.6. The van der Waals surface area contributed by atoms with Crippen molar-refractivity contribution in [1.29, 1.82) is 0 Å². The van der Waals surface area contributed by atoms with E-state index in [0.717, 1.165) is 25.7 Å². The molecule has 3 rings (SSSR count). The number of ether oxygens (including phenoxy) is 1. The van der Waals surface area contributed by atoms with Crippen molar-refractivity contribution in [2.24, 2.45) is 0 Å². The van der Waals surface area contributed by atoms with Crippen LogP contribution in [0.15, 0.2) is 36.5 Å². The second kappa shape index (κ2) is 8.19. The Morgan fingerprint density at radius 3 is 2.62 bits per heavy atom. The van der Waals surface area contributed by atoms with Crippen molar-refractivity contribution in [3.05, 3.63) is 52.8 Å². The summed E-state index contributed by atoms with van der Waals surface area (Å²) in [4.78, 5) is 28.8. The van der Waals surface area contributed by atoms with Gasteiger partial charge in [0.25, 0.3) is 11.8 Å². The summed E-state index contributed by atoms with van der Waals surface area (Å²) in [6.07, 6.45) is 5.70. The SMILES string of the molecule is COc1ccc(NC(=O)c2ccnc(C(=O)NC3CCCC3)c2)cc1Cl. The smallest absolute Gasteiger partial charge is 0.270 e. The predicted molar refractivity (Wildman–Crippen MR) is 99.9 cm³/mol. The van der Waals surface area contributed by atoms with E-state index in [2.05, 4.69) is 15.6 Å². The van der Waals surface area contributed by atoms with Crippen LogP contribution >= 0.6 is 11.6 Å². The Hall–Kier alpha value is -2.60. The largest absolute Gasteiger partial charge is 0.495 e. The molecule has 1 aromatic carbocycles. The van der Waals surface area contributed by atoms with E-state index in [1.165, 1.54) is 19.4 Å². The van der Waals surface area contributed by atoms with E-state index in [4.69, 9.17) is 16.3 Å². The molecule has 0 saturated heterocycles. The fourth-order valence-electron chi connectivity index (χ4n) is 2.97. The summed E-state index contributed by atoms with van der Waals surface area (Å²) in [5.41, 5.74) is 1.12. The molecule has 0 atom stereocenters. The zero-order valence-electron chi connectivity index (χ0n) is 14.4. The molecule has 1 saturated carbocycles. The molecule has 1 aliphatic carbocycles. The number of aromatic nitrogens is 1. The first-order valence-electron chi connectivity index (χ1n) is 8.48. The van der Waals surface area contributed by atoms with Gasteiger partial charge in [0.2, 0.25) is 0 Å². The number of anilines is 1. The number of carbonyl (C=O) groups is 2. The number of nitrogens with zero attached hydrogens (tertiary/aromatic N) is 1. The van der Waals surface area contributed by atoms with Gasteiger partial charge in [0.05, 0.1) is 12.1 Å². The van der Waals surface area contributed by atoms with Crippen molar-refractivity contribution in [1.82, 2.24) is 10.3 Å². The minimum atomic E-state index is -0.344. The lowest BCUT2D eigenvalue weighted by atomic mass is 10.2. The molecule has 0 unspecified atom stereocenters. The average molecular weight is 374 g/mol. The Balaban J connectivity index is 1.69. The number of hydrogen-bond donors (Lipinski definition) is 2. The highest BCUT2D eigenvalue weighted by atomic mass is 35.5. The maximum Gasteiger partial charge on any atom is 0.270 e. The van der Waals surface area contributed by atoms with Crippen LogP contribution in [-0.2, 0) is 0 Å². The van der Waals surface area contributed by atoms with E-state index in [1.54, 1.807) is 24.3 Å². The molecule has 7 heteroatoms. The molecule has 26 heavy (non-hydrogen) atoms. The van der Waals surface area contributed by atoms with Crippen LogP contribution in [0.5, 0.6) is 5.75 Å². The zero-order valence-corrected chi connectivity index (χ0v) is 15.2. The number of pyridine rings is 1. The third-order valence-corrected chi connectivity index (χ3v) is 4.65. The van der Waals surface area contributed by atoms with Gasteiger partial charge in [-0.15, -0.1) is 0 Å². The number of carbonyl (C=O) groups excluding carboxylic acids is 2. The lowest BCUT2D eigenvalue weighted by Crippen LogP contribution is -2.33. The summed E-state index contributed by atoms with van der Waals surface area (Å²) < 4.78 is 5.09. The number of halogens is 1. The van der Waals surface area contributed by atoms with E-state index in [0.29, 0.717) is 22.0 Å². The summed E-state index contributed by atoms with van der Waals surface area (Å²) in [5.74, 6) is -0.0676. The van der Waals surface area contributed by atoms with Gasteiger partial charge >= 0.3 is 0 Å². The van der Waals surface area contributed by atoms with Crippen molar-refractivity contribution in [3.8, 4) is 5.75 Å². The Morgan fingerprint density at radius 1 is 1.15 bits per heavy atom. The van der Waals surface area contributed by atoms with Crippen LogP contribution in [0.2, 0.25) is 5.02 Å². The van der Waals surface area contributed by atoms with Gasteiger partial charge in [-0.2, -0.15) is 0 Å². The van der Waals surface area contributed by atoms with Gasteiger partial charge in [0.15, 0.2) is 0 Å². The van der Waals surface area contributed by atoms with E-state index < -0.39 is 0 Å². The minimum absolute atomic E-state index is 0.197. The van der Waals surface area contributed by atoms with E-state index >= 15 is 0 Å². The first kappa shape index (κ1) is 18.2. The van der Waals surface area contributed by atoms with Crippen LogP contribution in [0.1, 0.15) is 46.5 Å². The average Bonchev–Trinajstić information content (AvgIpc) is 3.15. The highest BCUT2D eigenvalue weighted by molar-refractivity contribution is 6.32. The molecule has 2 aromatic rings. The lowest BCUT2D eigenvalue weighted by Gasteiger charge is -2.12. The summed E-state index contributed by atoms with van der Waals surface area (Å²) in [5, 5.41) is 6.12. The fourth-order valence-corrected chi connectivity index (χ4v) is 3.23. The van der Waals surface area contributed by atoms with E-state index in [1.807, 2.05) is 0 Å². The van der Waals surface area contributed by atoms with Crippen molar-refractivity contribution in [3.63, 3.8) is 0 Å². The molecule has 2 N–H and O–H groups in total. The normalized spacial score (nSPS) is 14.1. The lowest BCUT2D eigenvalue weighted by molar-refractivity contribution is 0.0933. The maximum atomic E-state index is 12.5. The Labute approximate surface area is 156 Å². The van der Waals surface area contributed by atoms with Crippen LogP contribution in [0.3, 0.4) is 0 Å². The Morgan fingerprint density at radius 2 is 1.92 bits per heavy atom. The van der Waals surface area contributed by atoms with Gasteiger partial charge in [-0.1, -0.05) is 24.4 Å². The Kier molecular flexibility index (Phi) is 5.73. The highest BCUT2D eigenvalue weighted by Gasteiger charge is 2.19. The fraction of sp³-hybridized carbons (Fsp3) is 0.316. The molecule has 0 spiro atoms. The molecular formula is C19H20ClN3O3. The van der Waals surface area contributed by atoms with Gasteiger partial charge in [0, 0.05) is 23.5 Å². The van der Waals surface area contributed by atoms with Crippen molar-refractivity contribution in [2.45, 2.75) is 31.7 Å². The molecule has 0 bridgehead atoms. The maximum absolute atomic E-state index is 12.5. The molecule has 2 amide bonds. The molecule has 1 aromatic heterocycles. The van der Waals surface area contributed by atoms with Gasteiger partial charge in [-0.25, -0.2) is 0 Å². The molecule has 0 radical (unpaired) electrons.